The van der Waals surface area contributed by atoms with Crippen molar-refractivity contribution in [3.05, 3.63) is 57.8 Å². The van der Waals surface area contributed by atoms with Crippen LogP contribution >= 0.6 is 11.6 Å². The third kappa shape index (κ3) is 2.63. The van der Waals surface area contributed by atoms with Crippen molar-refractivity contribution in [2.75, 3.05) is 36.8 Å². The lowest BCUT2D eigenvalue weighted by atomic mass is 10.1. The van der Waals surface area contributed by atoms with Crippen LogP contribution < -0.4 is 21.5 Å². The minimum absolute atomic E-state index is 0.238. The molecule has 142 valence electrons. The van der Waals surface area contributed by atoms with Gasteiger partial charge >= 0.3 is 0 Å². The second-order valence-corrected chi connectivity index (χ2v) is 7.19. The Morgan fingerprint density at radius 1 is 1.11 bits per heavy atom. The van der Waals surface area contributed by atoms with E-state index in [2.05, 4.69) is 27.4 Å². The minimum atomic E-state index is -0.350. The number of benzene rings is 2. The number of hydrogen-bond donors (Lipinski definition) is 2. The van der Waals surface area contributed by atoms with Gasteiger partial charge in [-0.1, -0.05) is 29.8 Å². The van der Waals surface area contributed by atoms with E-state index in [1.165, 1.54) is 4.52 Å². The van der Waals surface area contributed by atoms with Crippen LogP contribution in [0.2, 0.25) is 5.02 Å². The van der Waals surface area contributed by atoms with Crippen LogP contribution in [0.5, 0.6) is 0 Å². The minimum Gasteiger partial charge on any atom is -0.437 e. The van der Waals surface area contributed by atoms with Crippen molar-refractivity contribution in [2.45, 2.75) is 0 Å². The molecule has 2 aromatic heterocycles. The number of piperazine rings is 1. The Bertz CT molecular complexity index is 1240. The SMILES string of the molecule is Nc1nn2c(=O)c3c(Cl)cccc3oc2c1-c1ccc(N2CCNCC2)cc1. The largest absolute Gasteiger partial charge is 0.437 e. The van der Waals surface area contributed by atoms with Crippen molar-refractivity contribution in [1.82, 2.24) is 14.9 Å². The molecular formula is C20H18ClN5O2. The summed E-state index contributed by atoms with van der Waals surface area (Å²) in [4.78, 5) is 15.2. The number of hydrogen-bond acceptors (Lipinski definition) is 6. The van der Waals surface area contributed by atoms with E-state index in [-0.39, 0.29) is 11.4 Å². The quantitative estimate of drug-likeness (QED) is 0.542. The second-order valence-electron chi connectivity index (χ2n) is 6.78. The molecule has 5 rings (SSSR count). The van der Waals surface area contributed by atoms with Gasteiger partial charge in [0.2, 0.25) is 5.71 Å². The Kier molecular flexibility index (Phi) is 3.99. The third-order valence-electron chi connectivity index (χ3n) is 5.10. The highest BCUT2D eigenvalue weighted by Gasteiger charge is 2.20. The van der Waals surface area contributed by atoms with E-state index >= 15 is 0 Å². The highest BCUT2D eigenvalue weighted by Crippen LogP contribution is 2.33. The van der Waals surface area contributed by atoms with Crippen molar-refractivity contribution in [3.63, 3.8) is 0 Å². The number of nitrogen functional groups attached to an aromatic ring is 1. The predicted molar refractivity (Wildman–Crippen MR) is 111 cm³/mol. The standard InChI is InChI=1S/C20H18ClN5O2/c21-14-2-1-3-15-17(14)19(27)26-20(28-15)16(18(22)24-26)12-4-6-13(7-5-12)25-10-8-23-9-11-25/h1-7,23H,8-11H2,(H2,22,24). The van der Waals surface area contributed by atoms with Gasteiger partial charge in [0.1, 0.15) is 11.0 Å². The average molecular weight is 396 g/mol. The first-order valence-electron chi connectivity index (χ1n) is 9.09. The molecule has 1 aliphatic heterocycles. The van der Waals surface area contributed by atoms with Crippen LogP contribution in [0.4, 0.5) is 11.5 Å². The van der Waals surface area contributed by atoms with E-state index in [1.54, 1.807) is 18.2 Å². The summed E-state index contributed by atoms with van der Waals surface area (Å²) in [5, 5.41) is 8.17. The van der Waals surface area contributed by atoms with Gasteiger partial charge in [-0.05, 0) is 29.8 Å². The van der Waals surface area contributed by atoms with Crippen molar-refractivity contribution < 1.29 is 4.42 Å². The highest BCUT2D eigenvalue weighted by atomic mass is 35.5. The molecule has 1 saturated heterocycles. The van der Waals surface area contributed by atoms with Gasteiger partial charge in [-0.2, -0.15) is 4.52 Å². The number of rotatable bonds is 2. The molecule has 4 aromatic rings. The normalized spacial score (nSPS) is 14.8. The molecule has 0 unspecified atom stereocenters. The summed E-state index contributed by atoms with van der Waals surface area (Å²) in [5.41, 5.74) is 9.12. The fourth-order valence-corrected chi connectivity index (χ4v) is 3.94. The summed E-state index contributed by atoms with van der Waals surface area (Å²) < 4.78 is 7.16. The summed E-state index contributed by atoms with van der Waals surface area (Å²) in [6, 6.07) is 13.2. The van der Waals surface area contributed by atoms with Crippen molar-refractivity contribution in [3.8, 4) is 11.1 Å². The van der Waals surface area contributed by atoms with Crippen LogP contribution in [0, 0.1) is 0 Å². The molecule has 7 nitrogen and oxygen atoms in total. The number of nitrogens with two attached hydrogens (primary N) is 1. The number of aromatic nitrogens is 2. The van der Waals surface area contributed by atoms with Gasteiger partial charge in [-0.15, -0.1) is 5.10 Å². The smallest absolute Gasteiger partial charge is 0.286 e. The zero-order chi connectivity index (χ0) is 19.3. The van der Waals surface area contributed by atoms with Gasteiger partial charge < -0.3 is 20.4 Å². The van der Waals surface area contributed by atoms with Gasteiger partial charge in [0, 0.05) is 31.9 Å². The topological polar surface area (TPSA) is 88.8 Å². The number of nitrogens with zero attached hydrogens (tertiary/aromatic N) is 3. The van der Waals surface area contributed by atoms with E-state index < -0.39 is 0 Å². The van der Waals surface area contributed by atoms with Crippen molar-refractivity contribution >= 4 is 39.8 Å². The summed E-state index contributed by atoms with van der Waals surface area (Å²) in [6.45, 7) is 3.90. The van der Waals surface area contributed by atoms with Gasteiger partial charge in [-0.3, -0.25) is 4.79 Å². The van der Waals surface area contributed by atoms with E-state index in [1.807, 2.05) is 12.1 Å². The number of nitrogens with one attached hydrogen (secondary N) is 1. The molecule has 0 amide bonds. The summed E-state index contributed by atoms with van der Waals surface area (Å²) >= 11 is 6.18. The Balaban J connectivity index is 1.65. The number of fused-ring (bicyclic) bond motifs is 2. The molecular weight excluding hydrogens is 378 g/mol. The van der Waals surface area contributed by atoms with Crippen LogP contribution in [0.25, 0.3) is 27.8 Å². The van der Waals surface area contributed by atoms with Crippen LogP contribution in [-0.2, 0) is 0 Å². The average Bonchev–Trinajstić information content (AvgIpc) is 3.05. The Morgan fingerprint density at radius 2 is 1.86 bits per heavy atom. The summed E-state index contributed by atoms with van der Waals surface area (Å²) in [6.07, 6.45) is 0. The molecule has 3 heterocycles. The summed E-state index contributed by atoms with van der Waals surface area (Å²) in [5.74, 6) is 0.238. The Morgan fingerprint density at radius 3 is 2.61 bits per heavy atom. The molecule has 0 spiro atoms. The van der Waals surface area contributed by atoms with Gasteiger partial charge in [0.25, 0.3) is 5.56 Å². The molecule has 0 aliphatic carbocycles. The molecule has 1 fully saturated rings. The van der Waals surface area contributed by atoms with Crippen molar-refractivity contribution in [2.24, 2.45) is 0 Å². The molecule has 0 saturated carbocycles. The molecule has 3 N–H and O–H groups in total. The lowest BCUT2D eigenvalue weighted by molar-refractivity contribution is 0.589. The third-order valence-corrected chi connectivity index (χ3v) is 5.41. The maximum absolute atomic E-state index is 12.9. The molecule has 28 heavy (non-hydrogen) atoms. The van der Waals surface area contributed by atoms with Crippen LogP contribution in [0.3, 0.4) is 0 Å². The first kappa shape index (κ1) is 17.1. The van der Waals surface area contributed by atoms with Crippen LogP contribution in [0.1, 0.15) is 0 Å². The molecule has 2 aromatic carbocycles. The zero-order valence-electron chi connectivity index (χ0n) is 15.0. The summed E-state index contributed by atoms with van der Waals surface area (Å²) in [7, 11) is 0. The van der Waals surface area contributed by atoms with E-state index in [0.717, 1.165) is 37.4 Å². The Hall–Kier alpha value is -3.03. The zero-order valence-corrected chi connectivity index (χ0v) is 15.7. The molecule has 1 aliphatic rings. The lowest BCUT2D eigenvalue weighted by Gasteiger charge is -2.29. The first-order chi connectivity index (χ1) is 13.6. The first-order valence-corrected chi connectivity index (χ1v) is 9.47. The molecule has 0 radical (unpaired) electrons. The molecule has 0 bridgehead atoms. The van der Waals surface area contributed by atoms with E-state index in [0.29, 0.717) is 27.3 Å². The van der Waals surface area contributed by atoms with Gasteiger partial charge in [0.15, 0.2) is 5.82 Å². The molecule has 8 heteroatoms. The fourth-order valence-electron chi connectivity index (χ4n) is 3.69. The van der Waals surface area contributed by atoms with Crippen LogP contribution in [0.15, 0.2) is 51.7 Å². The molecule has 0 atom stereocenters. The highest BCUT2D eigenvalue weighted by molar-refractivity contribution is 6.35. The maximum Gasteiger partial charge on any atom is 0.286 e. The van der Waals surface area contributed by atoms with Gasteiger partial charge in [-0.25, -0.2) is 0 Å². The monoisotopic (exact) mass is 395 g/mol. The van der Waals surface area contributed by atoms with Crippen LogP contribution in [-0.4, -0.2) is 35.8 Å². The van der Waals surface area contributed by atoms with Gasteiger partial charge in [0.05, 0.1) is 10.6 Å². The van der Waals surface area contributed by atoms with E-state index in [4.69, 9.17) is 21.8 Å². The maximum atomic E-state index is 12.9. The second kappa shape index (κ2) is 6.54. The predicted octanol–water partition coefficient (Wildman–Crippen LogP) is 2.75. The number of halogens is 1. The van der Waals surface area contributed by atoms with E-state index in [9.17, 15) is 4.79 Å². The van der Waals surface area contributed by atoms with Crippen molar-refractivity contribution in [1.29, 1.82) is 0 Å². The fraction of sp³-hybridized carbons (Fsp3) is 0.200. The lowest BCUT2D eigenvalue weighted by Crippen LogP contribution is -2.43. The Labute approximate surface area is 165 Å². The number of anilines is 2.